The highest BCUT2D eigenvalue weighted by atomic mass is 32.2. The van der Waals surface area contributed by atoms with E-state index >= 15 is 0 Å². The van der Waals surface area contributed by atoms with Crippen LogP contribution in [0.4, 0.5) is 4.79 Å². The molecule has 0 unspecified atom stereocenters. The SMILES string of the molecule is C=C1SC(=O)NC1=O.Cn1c(COc2ccccc2)nc2ccccc2c1=O. The van der Waals surface area contributed by atoms with Gasteiger partial charge in [0, 0.05) is 7.05 Å². The van der Waals surface area contributed by atoms with Crippen molar-refractivity contribution in [2.24, 2.45) is 7.05 Å². The number of nitrogens with one attached hydrogen (secondary N) is 1. The second-order valence-corrected chi connectivity index (χ2v) is 6.85. The van der Waals surface area contributed by atoms with Gasteiger partial charge in [-0.3, -0.25) is 24.3 Å². The molecule has 3 aromatic rings. The number of amides is 2. The van der Waals surface area contributed by atoms with E-state index in [9.17, 15) is 14.4 Å². The Morgan fingerprint density at radius 1 is 1.07 bits per heavy atom. The Kier molecular flexibility index (Phi) is 5.90. The molecular weight excluding hydrogens is 378 g/mol. The van der Waals surface area contributed by atoms with E-state index in [-0.39, 0.29) is 28.2 Å². The predicted molar refractivity (Wildman–Crippen MR) is 108 cm³/mol. The van der Waals surface area contributed by atoms with Crippen molar-refractivity contribution in [1.29, 1.82) is 0 Å². The summed E-state index contributed by atoms with van der Waals surface area (Å²) in [7, 11) is 1.71. The zero-order valence-electron chi connectivity index (χ0n) is 15.0. The zero-order chi connectivity index (χ0) is 20.1. The summed E-state index contributed by atoms with van der Waals surface area (Å²) in [5, 5.41) is 2.34. The number of nitrogens with zero attached hydrogens (tertiary/aromatic N) is 2. The molecule has 1 aliphatic heterocycles. The number of hydrogen-bond donors (Lipinski definition) is 1. The van der Waals surface area contributed by atoms with Gasteiger partial charge in [0.1, 0.15) is 18.2 Å². The summed E-state index contributed by atoms with van der Waals surface area (Å²) in [5.74, 6) is 0.993. The molecule has 142 valence electrons. The van der Waals surface area contributed by atoms with Crippen molar-refractivity contribution in [3.05, 3.63) is 82.3 Å². The van der Waals surface area contributed by atoms with E-state index in [0.717, 1.165) is 17.5 Å². The van der Waals surface area contributed by atoms with Crippen LogP contribution in [0.25, 0.3) is 10.9 Å². The van der Waals surface area contributed by atoms with Gasteiger partial charge in [-0.2, -0.15) is 0 Å². The highest BCUT2D eigenvalue weighted by molar-refractivity contribution is 8.18. The number of fused-ring (bicyclic) bond motifs is 1. The molecular formula is C20H17N3O4S. The summed E-state index contributed by atoms with van der Waals surface area (Å²) in [6.07, 6.45) is 0. The topological polar surface area (TPSA) is 90.3 Å². The zero-order valence-corrected chi connectivity index (χ0v) is 15.9. The summed E-state index contributed by atoms with van der Waals surface area (Å²) < 4.78 is 7.19. The lowest BCUT2D eigenvalue weighted by Gasteiger charge is -2.10. The molecule has 7 nitrogen and oxygen atoms in total. The maximum absolute atomic E-state index is 12.2. The average Bonchev–Trinajstić information content (AvgIpc) is 3.00. The largest absolute Gasteiger partial charge is 0.486 e. The summed E-state index contributed by atoms with van der Waals surface area (Å²) in [6.45, 7) is 3.58. The molecule has 0 aliphatic carbocycles. The van der Waals surface area contributed by atoms with Gasteiger partial charge in [-0.25, -0.2) is 4.98 Å². The molecule has 0 saturated carbocycles. The molecule has 0 spiro atoms. The van der Waals surface area contributed by atoms with Crippen LogP contribution in [0.3, 0.4) is 0 Å². The Bertz CT molecular complexity index is 1090. The van der Waals surface area contributed by atoms with Crippen LogP contribution in [-0.4, -0.2) is 20.7 Å². The molecule has 1 aliphatic rings. The van der Waals surface area contributed by atoms with Gasteiger partial charge >= 0.3 is 0 Å². The highest BCUT2D eigenvalue weighted by Gasteiger charge is 2.22. The van der Waals surface area contributed by atoms with Crippen LogP contribution < -0.4 is 15.6 Å². The molecule has 2 amide bonds. The van der Waals surface area contributed by atoms with E-state index in [1.165, 1.54) is 4.57 Å². The molecule has 1 aromatic heterocycles. The molecule has 1 saturated heterocycles. The molecule has 4 rings (SSSR count). The summed E-state index contributed by atoms with van der Waals surface area (Å²) in [5.41, 5.74) is 0.643. The summed E-state index contributed by atoms with van der Waals surface area (Å²) in [4.78, 5) is 37.6. The van der Waals surface area contributed by atoms with E-state index in [1.54, 1.807) is 13.1 Å². The van der Waals surface area contributed by atoms with Crippen LogP contribution in [0.1, 0.15) is 5.82 Å². The lowest BCUT2D eigenvalue weighted by Crippen LogP contribution is -2.23. The van der Waals surface area contributed by atoms with E-state index in [4.69, 9.17) is 4.74 Å². The average molecular weight is 395 g/mol. The van der Waals surface area contributed by atoms with Gasteiger partial charge in [0.2, 0.25) is 0 Å². The molecule has 28 heavy (non-hydrogen) atoms. The van der Waals surface area contributed by atoms with Crippen LogP contribution in [0.2, 0.25) is 0 Å². The predicted octanol–water partition coefficient (Wildman–Crippen LogP) is 3.00. The van der Waals surface area contributed by atoms with E-state index in [2.05, 4.69) is 16.9 Å². The monoisotopic (exact) mass is 395 g/mol. The number of thioether (sulfide) groups is 1. The maximum atomic E-state index is 12.2. The van der Waals surface area contributed by atoms with Crippen LogP contribution in [0.15, 0.2) is 70.9 Å². The number of aromatic nitrogens is 2. The highest BCUT2D eigenvalue weighted by Crippen LogP contribution is 2.19. The molecule has 2 aromatic carbocycles. The Labute approximate surface area is 165 Å². The fourth-order valence-corrected chi connectivity index (χ4v) is 2.92. The summed E-state index contributed by atoms with van der Waals surface area (Å²) >= 11 is 0.834. The van der Waals surface area contributed by atoms with Crippen molar-refractivity contribution in [2.45, 2.75) is 6.61 Å². The van der Waals surface area contributed by atoms with Crippen LogP contribution in [0, 0.1) is 0 Å². The van der Waals surface area contributed by atoms with Crippen molar-refractivity contribution in [1.82, 2.24) is 14.9 Å². The van der Waals surface area contributed by atoms with Gasteiger partial charge in [-0.05, 0) is 36.0 Å². The first-order valence-corrected chi connectivity index (χ1v) is 9.12. The smallest absolute Gasteiger partial charge is 0.290 e. The first-order valence-electron chi connectivity index (χ1n) is 8.30. The van der Waals surface area contributed by atoms with Gasteiger partial charge in [0.15, 0.2) is 0 Å². The second-order valence-electron chi connectivity index (χ2n) is 5.78. The van der Waals surface area contributed by atoms with Crippen molar-refractivity contribution in [2.75, 3.05) is 0 Å². The number of rotatable bonds is 3. The van der Waals surface area contributed by atoms with Gasteiger partial charge in [-0.15, -0.1) is 0 Å². The first-order chi connectivity index (χ1) is 13.5. The lowest BCUT2D eigenvalue weighted by molar-refractivity contribution is -0.115. The Balaban J connectivity index is 0.000000236. The number of hydrogen-bond acceptors (Lipinski definition) is 6. The van der Waals surface area contributed by atoms with E-state index < -0.39 is 0 Å². The Morgan fingerprint density at radius 2 is 1.75 bits per heavy atom. The van der Waals surface area contributed by atoms with E-state index in [0.29, 0.717) is 16.7 Å². The second kappa shape index (κ2) is 8.53. The van der Waals surface area contributed by atoms with Crippen LogP contribution in [0.5, 0.6) is 5.75 Å². The molecule has 1 fully saturated rings. The fraction of sp³-hybridized carbons (Fsp3) is 0.100. The number of carbonyl (C=O) groups is 2. The van der Waals surface area contributed by atoms with Crippen molar-refractivity contribution in [3.63, 3.8) is 0 Å². The quantitative estimate of drug-likeness (QED) is 0.686. The number of ether oxygens (including phenoxy) is 1. The Morgan fingerprint density at radius 3 is 2.36 bits per heavy atom. The van der Waals surface area contributed by atoms with Gasteiger partial charge < -0.3 is 4.74 Å². The minimum absolute atomic E-state index is 0.0535. The number of carbonyl (C=O) groups excluding carboxylic acids is 2. The fourth-order valence-electron chi connectivity index (χ4n) is 2.40. The van der Waals surface area contributed by atoms with Crippen LogP contribution >= 0.6 is 11.8 Å². The third kappa shape index (κ3) is 4.47. The van der Waals surface area contributed by atoms with Crippen molar-refractivity contribution < 1.29 is 14.3 Å². The first kappa shape index (κ1) is 19.4. The standard InChI is InChI=1S/C16H14N2O2.C4H3NO2S/c1-18-15(11-20-12-7-3-2-4-8-12)17-14-10-6-5-9-13(14)16(18)19;1-2-3(6)5-4(7)8-2/h2-10H,11H2,1H3;1H2,(H,5,6,7). The number of para-hydroxylation sites is 2. The van der Waals surface area contributed by atoms with Crippen LogP contribution in [-0.2, 0) is 18.4 Å². The lowest BCUT2D eigenvalue weighted by atomic mass is 10.2. The molecule has 0 bridgehead atoms. The third-order valence-electron chi connectivity index (χ3n) is 3.87. The molecule has 8 heteroatoms. The molecule has 1 N–H and O–H groups in total. The maximum Gasteiger partial charge on any atom is 0.290 e. The normalized spacial score (nSPS) is 13.1. The molecule has 2 heterocycles. The minimum Gasteiger partial charge on any atom is -0.486 e. The summed E-state index contributed by atoms with van der Waals surface area (Å²) in [6, 6.07) is 16.8. The number of imide groups is 1. The molecule has 0 atom stereocenters. The van der Waals surface area contributed by atoms with Gasteiger partial charge in [0.25, 0.3) is 16.7 Å². The number of benzene rings is 2. The van der Waals surface area contributed by atoms with Gasteiger partial charge in [0.05, 0.1) is 15.8 Å². The minimum atomic E-state index is -0.375. The van der Waals surface area contributed by atoms with E-state index in [1.807, 2.05) is 48.5 Å². The molecule has 0 radical (unpaired) electrons. The Hall–Kier alpha value is -3.39. The van der Waals surface area contributed by atoms with Crippen molar-refractivity contribution in [3.8, 4) is 5.75 Å². The third-order valence-corrected chi connectivity index (χ3v) is 4.59. The van der Waals surface area contributed by atoms with Crippen molar-refractivity contribution >= 4 is 33.8 Å². The van der Waals surface area contributed by atoms with Gasteiger partial charge in [-0.1, -0.05) is 36.9 Å².